The van der Waals surface area contributed by atoms with E-state index in [4.69, 9.17) is 4.74 Å². The van der Waals surface area contributed by atoms with E-state index in [2.05, 4.69) is 16.0 Å². The van der Waals surface area contributed by atoms with E-state index in [1.54, 1.807) is 44.4 Å². The van der Waals surface area contributed by atoms with Gasteiger partial charge in [-0.15, -0.1) is 0 Å². The molecule has 0 bridgehead atoms. The molecule has 0 saturated heterocycles. The third-order valence-electron chi connectivity index (χ3n) is 4.39. The molecule has 1 atom stereocenters. The Bertz CT molecular complexity index is 882. The quantitative estimate of drug-likeness (QED) is 0.716. The lowest BCUT2D eigenvalue weighted by atomic mass is 10.1. The average Bonchev–Trinajstić information content (AvgIpc) is 2.73. The fourth-order valence-electron chi connectivity index (χ4n) is 2.98. The van der Waals surface area contributed by atoms with Crippen LogP contribution < -0.4 is 25.6 Å². The fraction of sp³-hybridized carbons (Fsp3) is 0.250. The summed E-state index contributed by atoms with van der Waals surface area (Å²) in [4.78, 5) is 38.0. The van der Waals surface area contributed by atoms with Crippen molar-refractivity contribution < 1.29 is 19.1 Å². The number of carbonyl (C=O) groups is 3. The molecule has 8 heteroatoms. The highest BCUT2D eigenvalue weighted by Crippen LogP contribution is 2.32. The van der Waals surface area contributed by atoms with Crippen molar-refractivity contribution in [1.82, 2.24) is 10.6 Å². The maximum atomic E-state index is 12.5. The van der Waals surface area contributed by atoms with Crippen molar-refractivity contribution in [2.24, 2.45) is 0 Å². The topological polar surface area (TPSA) is 99.8 Å². The Morgan fingerprint density at radius 3 is 2.43 bits per heavy atom. The van der Waals surface area contributed by atoms with Gasteiger partial charge in [0.1, 0.15) is 5.75 Å². The van der Waals surface area contributed by atoms with Gasteiger partial charge in [0.15, 0.2) is 6.10 Å². The van der Waals surface area contributed by atoms with Gasteiger partial charge in [0.25, 0.3) is 11.8 Å². The highest BCUT2D eigenvalue weighted by atomic mass is 16.5. The number of likely N-dealkylation sites (N-methyl/N-ethyl adjacent to an activating group) is 1. The van der Waals surface area contributed by atoms with E-state index in [9.17, 15) is 14.4 Å². The van der Waals surface area contributed by atoms with E-state index in [1.165, 1.54) is 0 Å². The number of benzene rings is 2. The number of nitrogens with zero attached hydrogens (tertiary/aromatic N) is 1. The molecular formula is C20H22N4O4. The molecule has 1 aliphatic rings. The second-order valence-corrected chi connectivity index (χ2v) is 6.27. The van der Waals surface area contributed by atoms with Crippen molar-refractivity contribution in [3.05, 3.63) is 54.1 Å². The van der Waals surface area contributed by atoms with Crippen molar-refractivity contribution in [3.63, 3.8) is 0 Å². The van der Waals surface area contributed by atoms with Crippen molar-refractivity contribution in [3.8, 4) is 5.75 Å². The molecule has 3 rings (SSSR count). The number of ether oxygens (including phenoxy) is 1. The van der Waals surface area contributed by atoms with Crippen LogP contribution in [0.2, 0.25) is 0 Å². The van der Waals surface area contributed by atoms with Gasteiger partial charge < -0.3 is 25.6 Å². The van der Waals surface area contributed by atoms with Gasteiger partial charge in [-0.25, -0.2) is 0 Å². The first-order valence-corrected chi connectivity index (χ1v) is 8.86. The predicted molar refractivity (Wildman–Crippen MR) is 106 cm³/mol. The van der Waals surface area contributed by atoms with Crippen LogP contribution in [0.3, 0.4) is 0 Å². The van der Waals surface area contributed by atoms with E-state index in [0.29, 0.717) is 17.0 Å². The lowest BCUT2D eigenvalue weighted by molar-refractivity contribution is -0.127. The van der Waals surface area contributed by atoms with Crippen LogP contribution in [0.15, 0.2) is 48.5 Å². The third-order valence-corrected chi connectivity index (χ3v) is 4.39. The van der Waals surface area contributed by atoms with Gasteiger partial charge in [0.2, 0.25) is 5.91 Å². The van der Waals surface area contributed by atoms with Gasteiger partial charge in [-0.2, -0.15) is 0 Å². The fourth-order valence-corrected chi connectivity index (χ4v) is 2.98. The molecule has 2 aromatic carbocycles. The number of nitrogens with one attached hydrogen (secondary N) is 3. The van der Waals surface area contributed by atoms with Gasteiger partial charge in [-0.05, 0) is 36.4 Å². The van der Waals surface area contributed by atoms with Crippen LogP contribution in [0.1, 0.15) is 10.4 Å². The van der Waals surface area contributed by atoms with E-state index in [1.807, 2.05) is 23.1 Å². The van der Waals surface area contributed by atoms with Crippen LogP contribution in [0.5, 0.6) is 5.75 Å². The predicted octanol–water partition coefficient (Wildman–Crippen LogP) is 0.998. The second kappa shape index (κ2) is 8.43. The molecule has 1 heterocycles. The monoisotopic (exact) mass is 382 g/mol. The maximum absolute atomic E-state index is 12.5. The summed E-state index contributed by atoms with van der Waals surface area (Å²) in [5.41, 5.74) is 1.85. The van der Waals surface area contributed by atoms with Crippen molar-refractivity contribution in [2.45, 2.75) is 6.10 Å². The summed E-state index contributed by atoms with van der Waals surface area (Å²) in [6, 6.07) is 13.9. The molecule has 0 radical (unpaired) electrons. The Morgan fingerprint density at radius 2 is 1.75 bits per heavy atom. The molecule has 0 saturated carbocycles. The van der Waals surface area contributed by atoms with E-state index in [0.717, 1.165) is 5.69 Å². The lowest BCUT2D eigenvalue weighted by Gasteiger charge is -2.34. The zero-order chi connectivity index (χ0) is 20.1. The van der Waals surface area contributed by atoms with E-state index >= 15 is 0 Å². The second-order valence-electron chi connectivity index (χ2n) is 6.27. The lowest BCUT2D eigenvalue weighted by Crippen LogP contribution is -2.50. The summed E-state index contributed by atoms with van der Waals surface area (Å²) >= 11 is 0. The van der Waals surface area contributed by atoms with Gasteiger partial charge >= 0.3 is 0 Å². The van der Waals surface area contributed by atoms with Crippen molar-refractivity contribution in [1.29, 1.82) is 0 Å². The molecular weight excluding hydrogens is 360 g/mol. The molecule has 8 nitrogen and oxygen atoms in total. The largest absolute Gasteiger partial charge is 0.477 e. The van der Waals surface area contributed by atoms with Crippen molar-refractivity contribution in [2.75, 3.05) is 37.4 Å². The number of anilines is 2. The summed E-state index contributed by atoms with van der Waals surface area (Å²) in [7, 11) is 3.11. The van der Waals surface area contributed by atoms with Gasteiger partial charge in [-0.1, -0.05) is 12.1 Å². The van der Waals surface area contributed by atoms with Crippen LogP contribution in [0, 0.1) is 0 Å². The molecule has 0 spiro atoms. The Balaban J connectivity index is 1.70. The number of fused-ring (bicyclic) bond motifs is 1. The SMILES string of the molecule is CNC(=O)c1ccc(NC(=O)CN2C[C@@H](C(=O)NC)Oc3ccccc32)cc1. The Morgan fingerprint density at radius 1 is 1.04 bits per heavy atom. The van der Waals surface area contributed by atoms with Crippen LogP contribution in [-0.2, 0) is 9.59 Å². The molecule has 146 valence electrons. The number of hydrogen-bond acceptors (Lipinski definition) is 5. The number of amides is 3. The van der Waals surface area contributed by atoms with Crippen LogP contribution in [0.25, 0.3) is 0 Å². The molecule has 0 unspecified atom stereocenters. The zero-order valence-corrected chi connectivity index (χ0v) is 15.7. The standard InChI is InChI=1S/C20H22N4O4/c1-21-19(26)13-7-9-14(10-8-13)23-18(25)12-24-11-17(20(27)22-2)28-16-6-4-3-5-15(16)24/h3-10,17H,11-12H2,1-2H3,(H,21,26)(H,22,27)(H,23,25)/t17-/m0/s1. The molecule has 0 aromatic heterocycles. The maximum Gasteiger partial charge on any atom is 0.262 e. The molecule has 0 fully saturated rings. The first-order chi connectivity index (χ1) is 13.5. The first kappa shape index (κ1) is 19.2. The molecule has 2 aromatic rings. The molecule has 3 N–H and O–H groups in total. The van der Waals surface area contributed by atoms with Gasteiger partial charge in [-0.3, -0.25) is 14.4 Å². The van der Waals surface area contributed by atoms with Crippen molar-refractivity contribution >= 4 is 29.1 Å². The number of rotatable bonds is 5. The summed E-state index contributed by atoms with van der Waals surface area (Å²) < 4.78 is 5.74. The summed E-state index contributed by atoms with van der Waals surface area (Å²) in [5.74, 6) is -0.113. The Labute approximate surface area is 162 Å². The molecule has 28 heavy (non-hydrogen) atoms. The highest BCUT2D eigenvalue weighted by Gasteiger charge is 2.30. The van der Waals surface area contributed by atoms with E-state index < -0.39 is 6.10 Å². The minimum Gasteiger partial charge on any atom is -0.477 e. The van der Waals surface area contributed by atoms with E-state index in [-0.39, 0.29) is 30.8 Å². The third kappa shape index (κ3) is 4.22. The van der Waals surface area contributed by atoms with Gasteiger partial charge in [0, 0.05) is 25.3 Å². The first-order valence-electron chi connectivity index (χ1n) is 8.86. The summed E-state index contributed by atoms with van der Waals surface area (Å²) in [6.45, 7) is 0.324. The number of carbonyl (C=O) groups excluding carboxylic acids is 3. The Hall–Kier alpha value is -3.55. The molecule has 0 aliphatic carbocycles. The Kier molecular flexibility index (Phi) is 5.78. The number of hydrogen-bond donors (Lipinski definition) is 3. The summed E-state index contributed by atoms with van der Waals surface area (Å²) in [6.07, 6.45) is -0.695. The molecule has 3 amide bonds. The molecule has 1 aliphatic heterocycles. The minimum absolute atomic E-state index is 0.0606. The minimum atomic E-state index is -0.695. The van der Waals surface area contributed by atoms with Gasteiger partial charge in [0.05, 0.1) is 18.8 Å². The smallest absolute Gasteiger partial charge is 0.262 e. The van der Waals surface area contributed by atoms with Crippen LogP contribution in [-0.4, -0.2) is 51.0 Å². The normalized spacial score (nSPS) is 15.1. The highest BCUT2D eigenvalue weighted by molar-refractivity contribution is 5.97. The van der Waals surface area contributed by atoms with Crippen LogP contribution >= 0.6 is 0 Å². The zero-order valence-electron chi connectivity index (χ0n) is 15.7. The summed E-state index contributed by atoms with van der Waals surface area (Å²) in [5, 5.41) is 7.93. The van der Waals surface area contributed by atoms with Crippen LogP contribution in [0.4, 0.5) is 11.4 Å². The average molecular weight is 382 g/mol. The number of para-hydroxylation sites is 2.